The van der Waals surface area contributed by atoms with Gasteiger partial charge in [0, 0.05) is 26.2 Å². The second-order valence-corrected chi connectivity index (χ2v) is 4.85. The Balaban J connectivity index is 1.98. The van der Waals surface area contributed by atoms with Crippen molar-refractivity contribution >= 4 is 23.4 Å². The summed E-state index contributed by atoms with van der Waals surface area (Å²) in [5, 5.41) is 0.506. The van der Waals surface area contributed by atoms with Crippen molar-refractivity contribution in [3.63, 3.8) is 0 Å². The Bertz CT molecular complexity index is 459. The fourth-order valence-electron chi connectivity index (χ4n) is 2.19. The van der Waals surface area contributed by atoms with Crippen LogP contribution >= 0.6 is 11.6 Å². The Kier molecular flexibility index (Phi) is 4.47. The van der Waals surface area contributed by atoms with Gasteiger partial charge in [0.2, 0.25) is 0 Å². The monoisotopic (exact) mass is 283 g/mol. The molecule has 0 atom stereocenters. The van der Waals surface area contributed by atoms with Gasteiger partial charge < -0.3 is 14.5 Å². The topological polar surface area (TPSA) is 45.7 Å². The van der Waals surface area contributed by atoms with Crippen LogP contribution < -0.4 is 4.90 Å². The van der Waals surface area contributed by atoms with Gasteiger partial charge in [-0.15, -0.1) is 0 Å². The number of amides is 1. The van der Waals surface area contributed by atoms with E-state index in [1.165, 1.54) is 0 Å². The molecule has 0 radical (unpaired) electrons. The van der Waals surface area contributed by atoms with Gasteiger partial charge in [0.25, 0.3) is 0 Å². The zero-order valence-electron chi connectivity index (χ0n) is 11.2. The molecule has 1 aliphatic heterocycles. The van der Waals surface area contributed by atoms with Crippen LogP contribution in [0.2, 0.25) is 5.15 Å². The van der Waals surface area contributed by atoms with Gasteiger partial charge in [-0.25, -0.2) is 9.78 Å². The van der Waals surface area contributed by atoms with Crippen LogP contribution in [-0.2, 0) is 4.74 Å². The largest absolute Gasteiger partial charge is 0.450 e. The predicted octanol–water partition coefficient (Wildman–Crippen LogP) is 2.32. The Hall–Kier alpha value is -1.49. The van der Waals surface area contributed by atoms with E-state index in [0.717, 1.165) is 24.3 Å². The van der Waals surface area contributed by atoms with Gasteiger partial charge in [0.05, 0.1) is 18.5 Å². The predicted molar refractivity (Wildman–Crippen MR) is 74.8 cm³/mol. The SMILES string of the molecule is CCOC(=O)N1CCN(c2cnc(Cl)cc2C)CC1. The van der Waals surface area contributed by atoms with Crippen LogP contribution in [0.5, 0.6) is 0 Å². The maximum atomic E-state index is 11.6. The highest BCUT2D eigenvalue weighted by Gasteiger charge is 2.22. The Morgan fingerprint density at radius 2 is 2.11 bits per heavy atom. The molecule has 0 unspecified atom stereocenters. The van der Waals surface area contributed by atoms with Crippen molar-refractivity contribution in [1.82, 2.24) is 9.88 Å². The number of pyridine rings is 1. The normalized spacial score (nSPS) is 15.5. The molecule has 0 aliphatic carbocycles. The lowest BCUT2D eigenvalue weighted by molar-refractivity contribution is 0.105. The third-order valence-electron chi connectivity index (χ3n) is 3.20. The van der Waals surface area contributed by atoms with Gasteiger partial charge in [0.15, 0.2) is 0 Å². The number of carbonyl (C=O) groups is 1. The summed E-state index contributed by atoms with van der Waals surface area (Å²) in [6.07, 6.45) is 1.56. The van der Waals surface area contributed by atoms with E-state index in [2.05, 4.69) is 9.88 Å². The quantitative estimate of drug-likeness (QED) is 0.782. The first-order chi connectivity index (χ1) is 9.11. The van der Waals surface area contributed by atoms with Crippen molar-refractivity contribution in [3.8, 4) is 0 Å². The van der Waals surface area contributed by atoms with Crippen molar-refractivity contribution in [1.29, 1.82) is 0 Å². The van der Waals surface area contributed by atoms with Gasteiger partial charge in [-0.05, 0) is 25.5 Å². The smallest absolute Gasteiger partial charge is 0.409 e. The molecule has 1 amide bonds. The molecular formula is C13H18ClN3O2. The van der Waals surface area contributed by atoms with E-state index in [1.807, 2.05) is 19.9 Å². The van der Waals surface area contributed by atoms with Gasteiger partial charge in [-0.2, -0.15) is 0 Å². The lowest BCUT2D eigenvalue weighted by atomic mass is 10.2. The minimum atomic E-state index is -0.229. The molecule has 0 aromatic carbocycles. The van der Waals surface area contributed by atoms with Crippen LogP contribution in [0.1, 0.15) is 12.5 Å². The third kappa shape index (κ3) is 3.29. The Labute approximate surface area is 118 Å². The van der Waals surface area contributed by atoms with E-state index in [-0.39, 0.29) is 6.09 Å². The summed E-state index contributed by atoms with van der Waals surface area (Å²) in [5.41, 5.74) is 2.18. The summed E-state index contributed by atoms with van der Waals surface area (Å²) in [7, 11) is 0. The summed E-state index contributed by atoms with van der Waals surface area (Å²) in [5.74, 6) is 0. The summed E-state index contributed by atoms with van der Waals surface area (Å²) in [6, 6.07) is 1.86. The number of nitrogens with zero attached hydrogens (tertiary/aromatic N) is 3. The van der Waals surface area contributed by atoms with Crippen LogP contribution in [0, 0.1) is 6.92 Å². The molecule has 5 nitrogen and oxygen atoms in total. The lowest BCUT2D eigenvalue weighted by Gasteiger charge is -2.35. The maximum absolute atomic E-state index is 11.6. The number of aryl methyl sites for hydroxylation is 1. The van der Waals surface area contributed by atoms with E-state index >= 15 is 0 Å². The number of hydrogen-bond donors (Lipinski definition) is 0. The molecule has 1 aromatic rings. The third-order valence-corrected chi connectivity index (χ3v) is 3.40. The number of carbonyl (C=O) groups excluding carboxylic acids is 1. The lowest BCUT2D eigenvalue weighted by Crippen LogP contribution is -2.49. The van der Waals surface area contributed by atoms with Gasteiger partial charge >= 0.3 is 6.09 Å². The summed E-state index contributed by atoms with van der Waals surface area (Å²) in [4.78, 5) is 19.7. The van der Waals surface area contributed by atoms with E-state index in [9.17, 15) is 4.79 Å². The van der Waals surface area contributed by atoms with Gasteiger partial charge in [-0.3, -0.25) is 0 Å². The Morgan fingerprint density at radius 3 is 2.68 bits per heavy atom. The molecule has 2 rings (SSSR count). The van der Waals surface area contributed by atoms with Crippen molar-refractivity contribution in [2.75, 3.05) is 37.7 Å². The van der Waals surface area contributed by atoms with Crippen molar-refractivity contribution < 1.29 is 9.53 Å². The summed E-state index contributed by atoms with van der Waals surface area (Å²) < 4.78 is 5.00. The standard InChI is InChI=1S/C13H18ClN3O2/c1-3-19-13(18)17-6-4-16(5-7-17)11-9-15-12(14)8-10(11)2/h8-9H,3-7H2,1-2H3. The second-order valence-electron chi connectivity index (χ2n) is 4.47. The van der Waals surface area contributed by atoms with Crippen LogP contribution in [0.3, 0.4) is 0 Å². The molecule has 0 spiro atoms. The number of rotatable bonds is 2. The summed E-state index contributed by atoms with van der Waals surface area (Å²) in [6.45, 7) is 7.14. The molecule has 2 heterocycles. The molecule has 104 valence electrons. The molecule has 1 aliphatic rings. The Morgan fingerprint density at radius 1 is 1.42 bits per heavy atom. The number of piperazine rings is 1. The zero-order valence-corrected chi connectivity index (χ0v) is 12.0. The molecule has 19 heavy (non-hydrogen) atoms. The first-order valence-electron chi connectivity index (χ1n) is 6.40. The highest BCUT2D eigenvalue weighted by molar-refractivity contribution is 6.29. The number of hydrogen-bond acceptors (Lipinski definition) is 4. The molecule has 6 heteroatoms. The van der Waals surface area contributed by atoms with E-state index < -0.39 is 0 Å². The second kappa shape index (κ2) is 6.10. The number of halogens is 1. The molecule has 0 bridgehead atoms. The van der Waals surface area contributed by atoms with E-state index in [0.29, 0.717) is 24.8 Å². The summed E-state index contributed by atoms with van der Waals surface area (Å²) >= 11 is 5.86. The molecule has 1 saturated heterocycles. The highest BCUT2D eigenvalue weighted by Crippen LogP contribution is 2.22. The molecule has 1 fully saturated rings. The number of ether oxygens (including phenoxy) is 1. The van der Waals surface area contributed by atoms with E-state index in [4.69, 9.17) is 16.3 Å². The van der Waals surface area contributed by atoms with Gasteiger partial charge in [-0.1, -0.05) is 11.6 Å². The zero-order chi connectivity index (χ0) is 13.8. The fraction of sp³-hybridized carbons (Fsp3) is 0.538. The number of aromatic nitrogens is 1. The first kappa shape index (κ1) is 13.9. The number of anilines is 1. The molecular weight excluding hydrogens is 266 g/mol. The first-order valence-corrected chi connectivity index (χ1v) is 6.78. The highest BCUT2D eigenvalue weighted by atomic mass is 35.5. The van der Waals surface area contributed by atoms with Crippen LogP contribution in [-0.4, -0.2) is 48.8 Å². The molecule has 1 aromatic heterocycles. The molecule has 0 saturated carbocycles. The van der Waals surface area contributed by atoms with Crippen molar-refractivity contribution in [2.24, 2.45) is 0 Å². The van der Waals surface area contributed by atoms with Gasteiger partial charge in [0.1, 0.15) is 5.15 Å². The minimum absolute atomic E-state index is 0.229. The fourth-order valence-corrected chi connectivity index (χ4v) is 2.40. The molecule has 0 N–H and O–H groups in total. The maximum Gasteiger partial charge on any atom is 0.409 e. The minimum Gasteiger partial charge on any atom is -0.450 e. The van der Waals surface area contributed by atoms with Crippen molar-refractivity contribution in [2.45, 2.75) is 13.8 Å². The van der Waals surface area contributed by atoms with Crippen LogP contribution in [0.15, 0.2) is 12.3 Å². The van der Waals surface area contributed by atoms with Crippen molar-refractivity contribution in [3.05, 3.63) is 23.0 Å². The van der Waals surface area contributed by atoms with E-state index in [1.54, 1.807) is 11.1 Å². The average Bonchev–Trinajstić information content (AvgIpc) is 2.39. The average molecular weight is 284 g/mol. The van der Waals surface area contributed by atoms with Crippen LogP contribution in [0.4, 0.5) is 10.5 Å². The van der Waals surface area contributed by atoms with Crippen LogP contribution in [0.25, 0.3) is 0 Å².